The Morgan fingerprint density at radius 1 is 1.24 bits per heavy atom. The van der Waals surface area contributed by atoms with Gasteiger partial charge in [-0.3, -0.25) is 4.99 Å². The molecule has 134 valence electrons. The molecule has 1 heterocycles. The van der Waals surface area contributed by atoms with E-state index in [0.717, 1.165) is 29.9 Å². The van der Waals surface area contributed by atoms with Gasteiger partial charge in [-0.1, -0.05) is 17.7 Å². The van der Waals surface area contributed by atoms with E-state index in [1.165, 1.54) is 23.6 Å². The highest BCUT2D eigenvalue weighted by Crippen LogP contribution is 2.25. The van der Waals surface area contributed by atoms with Gasteiger partial charge in [-0.25, -0.2) is 13.1 Å². The second-order valence-corrected chi connectivity index (χ2v) is 9.39. The second kappa shape index (κ2) is 7.74. The summed E-state index contributed by atoms with van der Waals surface area (Å²) >= 11 is 6.77. The number of nitrogens with zero attached hydrogens (tertiary/aromatic N) is 1. The van der Waals surface area contributed by atoms with Crippen molar-refractivity contribution in [3.8, 4) is 0 Å². The highest BCUT2D eigenvalue weighted by atomic mass is 35.5. The monoisotopic (exact) mass is 398 g/mol. The molecule has 0 spiro atoms. The van der Waals surface area contributed by atoms with Crippen LogP contribution in [0.2, 0.25) is 4.34 Å². The Labute approximate surface area is 156 Å². The van der Waals surface area contributed by atoms with E-state index in [0.29, 0.717) is 4.34 Å². The van der Waals surface area contributed by atoms with Crippen LogP contribution in [0, 0.1) is 0 Å². The van der Waals surface area contributed by atoms with Crippen molar-refractivity contribution in [2.75, 3.05) is 18.4 Å². The number of fused-ring (bicyclic) bond motifs is 1. The van der Waals surface area contributed by atoms with Gasteiger partial charge in [-0.2, -0.15) is 0 Å². The van der Waals surface area contributed by atoms with E-state index >= 15 is 0 Å². The van der Waals surface area contributed by atoms with E-state index in [9.17, 15) is 8.42 Å². The average Bonchev–Trinajstić information content (AvgIpc) is 3.20. The number of aryl methyl sites for hydroxylation is 2. The molecule has 3 rings (SSSR count). The highest BCUT2D eigenvalue weighted by Gasteiger charge is 2.15. The van der Waals surface area contributed by atoms with Crippen LogP contribution in [-0.2, 0) is 22.9 Å². The van der Waals surface area contributed by atoms with Gasteiger partial charge in [0, 0.05) is 12.2 Å². The van der Waals surface area contributed by atoms with Crippen molar-refractivity contribution in [2.24, 2.45) is 10.7 Å². The summed E-state index contributed by atoms with van der Waals surface area (Å²) in [7, 11) is -3.55. The molecular weight excluding hydrogens is 380 g/mol. The molecule has 0 radical (unpaired) electrons. The molecule has 0 fully saturated rings. The van der Waals surface area contributed by atoms with E-state index in [-0.39, 0.29) is 23.3 Å². The summed E-state index contributed by atoms with van der Waals surface area (Å²) in [6.07, 6.45) is 3.42. The van der Waals surface area contributed by atoms with Gasteiger partial charge in [0.25, 0.3) is 0 Å². The normalized spacial score (nSPS) is 14.5. The third kappa shape index (κ3) is 4.72. The Morgan fingerprint density at radius 3 is 2.80 bits per heavy atom. The Hall–Kier alpha value is -1.61. The Morgan fingerprint density at radius 2 is 2.04 bits per heavy atom. The maximum absolute atomic E-state index is 12.0. The molecule has 0 saturated carbocycles. The molecule has 0 atom stereocenters. The van der Waals surface area contributed by atoms with E-state index in [1.54, 1.807) is 6.07 Å². The number of guanidine groups is 1. The fourth-order valence-corrected chi connectivity index (χ4v) is 5.25. The second-order valence-electron chi connectivity index (χ2n) is 5.69. The van der Waals surface area contributed by atoms with Gasteiger partial charge in [-0.15, -0.1) is 11.3 Å². The summed E-state index contributed by atoms with van der Waals surface area (Å²) in [4.78, 5) is 4.15. The van der Waals surface area contributed by atoms with Gasteiger partial charge in [0.05, 0.1) is 10.9 Å². The van der Waals surface area contributed by atoms with E-state index < -0.39 is 10.0 Å². The summed E-state index contributed by atoms with van der Waals surface area (Å²) in [5.74, 6) is 0.260. The Kier molecular flexibility index (Phi) is 5.63. The Bertz CT molecular complexity index is 893. The molecule has 9 heteroatoms. The number of hydrogen-bond donors (Lipinski definition) is 3. The topological polar surface area (TPSA) is 96.6 Å². The number of nitrogens with two attached hydrogens (primary N) is 1. The molecule has 0 amide bonds. The average molecular weight is 399 g/mol. The van der Waals surface area contributed by atoms with Gasteiger partial charge in [0.2, 0.25) is 10.0 Å². The van der Waals surface area contributed by atoms with E-state index in [2.05, 4.69) is 27.2 Å². The largest absolute Gasteiger partial charge is 0.370 e. The van der Waals surface area contributed by atoms with Crippen molar-refractivity contribution in [2.45, 2.75) is 23.5 Å². The molecule has 1 aromatic heterocycles. The fraction of sp³-hybridized carbons (Fsp3) is 0.312. The van der Waals surface area contributed by atoms with Crippen LogP contribution < -0.4 is 15.8 Å². The van der Waals surface area contributed by atoms with Crippen molar-refractivity contribution in [3.63, 3.8) is 0 Å². The number of rotatable bonds is 6. The van der Waals surface area contributed by atoms with Crippen molar-refractivity contribution >= 4 is 44.6 Å². The maximum Gasteiger partial charge on any atom is 0.250 e. The number of halogens is 1. The predicted molar refractivity (Wildman–Crippen MR) is 103 cm³/mol. The van der Waals surface area contributed by atoms with Crippen LogP contribution >= 0.6 is 22.9 Å². The smallest absolute Gasteiger partial charge is 0.250 e. The van der Waals surface area contributed by atoms with Gasteiger partial charge < -0.3 is 11.1 Å². The highest BCUT2D eigenvalue weighted by molar-refractivity contribution is 7.91. The minimum atomic E-state index is -3.55. The van der Waals surface area contributed by atoms with Crippen molar-refractivity contribution in [1.29, 1.82) is 0 Å². The summed E-state index contributed by atoms with van der Waals surface area (Å²) in [6.45, 7) is 0.395. The zero-order valence-electron chi connectivity index (χ0n) is 13.5. The van der Waals surface area contributed by atoms with Crippen LogP contribution in [0.5, 0.6) is 0 Å². The number of benzene rings is 1. The summed E-state index contributed by atoms with van der Waals surface area (Å²) < 4.78 is 27.2. The van der Waals surface area contributed by atoms with E-state index in [4.69, 9.17) is 17.3 Å². The number of aliphatic imine (C=N–C) groups is 1. The van der Waals surface area contributed by atoms with Gasteiger partial charge >= 0.3 is 0 Å². The summed E-state index contributed by atoms with van der Waals surface area (Å²) in [5.41, 5.74) is 9.50. The number of hydrogen-bond acceptors (Lipinski definition) is 4. The Balaban J connectivity index is 1.50. The molecule has 2 aromatic rings. The lowest BCUT2D eigenvalue weighted by Gasteiger charge is -2.08. The number of anilines is 1. The lowest BCUT2D eigenvalue weighted by atomic mass is 10.1. The zero-order chi connectivity index (χ0) is 17.9. The van der Waals surface area contributed by atoms with Crippen LogP contribution in [0.4, 0.5) is 5.69 Å². The SMILES string of the molecule is NC(=NCCNS(=O)(=O)c1ccc(Cl)s1)Nc1ccc2c(c1)CCC2. The minimum Gasteiger partial charge on any atom is -0.370 e. The quantitative estimate of drug-likeness (QED) is 0.396. The third-order valence-corrected chi connectivity index (χ3v) is 7.05. The van der Waals surface area contributed by atoms with Crippen LogP contribution in [0.15, 0.2) is 39.5 Å². The first-order valence-electron chi connectivity index (χ1n) is 7.88. The van der Waals surface area contributed by atoms with Gasteiger partial charge in [-0.05, 0) is 54.7 Å². The maximum atomic E-state index is 12.0. The third-order valence-electron chi connectivity index (χ3n) is 3.87. The van der Waals surface area contributed by atoms with Crippen molar-refractivity contribution < 1.29 is 8.42 Å². The number of nitrogens with one attached hydrogen (secondary N) is 2. The van der Waals surface area contributed by atoms with E-state index in [1.807, 2.05) is 6.07 Å². The number of thiophene rings is 1. The molecule has 1 aliphatic carbocycles. The molecule has 1 aromatic carbocycles. The molecule has 0 saturated heterocycles. The van der Waals surface area contributed by atoms with Crippen LogP contribution in [-0.4, -0.2) is 27.5 Å². The lowest BCUT2D eigenvalue weighted by Crippen LogP contribution is -2.28. The molecule has 0 bridgehead atoms. The van der Waals surface area contributed by atoms with Gasteiger partial charge in [0.15, 0.2) is 5.96 Å². The molecule has 0 unspecified atom stereocenters. The van der Waals surface area contributed by atoms with Crippen LogP contribution in [0.1, 0.15) is 17.5 Å². The zero-order valence-corrected chi connectivity index (χ0v) is 15.8. The fourth-order valence-electron chi connectivity index (χ4n) is 2.71. The molecule has 1 aliphatic rings. The lowest BCUT2D eigenvalue weighted by molar-refractivity contribution is 0.584. The minimum absolute atomic E-state index is 0.157. The summed E-state index contributed by atoms with van der Waals surface area (Å²) in [6, 6.07) is 9.21. The summed E-state index contributed by atoms with van der Waals surface area (Å²) in [5, 5.41) is 3.04. The first kappa shape index (κ1) is 18.2. The number of sulfonamides is 1. The standard InChI is InChI=1S/C16H19ClN4O2S2/c17-14-6-7-15(24-14)25(22,23)20-9-8-19-16(18)21-13-5-4-11-2-1-3-12(11)10-13/h4-7,10,20H,1-3,8-9H2,(H3,18,19,21). The molecule has 25 heavy (non-hydrogen) atoms. The van der Waals surface area contributed by atoms with Crippen LogP contribution in [0.25, 0.3) is 0 Å². The predicted octanol–water partition coefficient (Wildman–Crippen LogP) is 2.60. The molecule has 4 N–H and O–H groups in total. The molecule has 0 aliphatic heterocycles. The molecular formula is C16H19ClN4O2S2. The first-order valence-corrected chi connectivity index (χ1v) is 10.6. The first-order chi connectivity index (χ1) is 11.9. The van der Waals surface area contributed by atoms with Crippen molar-refractivity contribution in [3.05, 3.63) is 45.8 Å². The van der Waals surface area contributed by atoms with Crippen molar-refractivity contribution in [1.82, 2.24) is 4.72 Å². The van der Waals surface area contributed by atoms with Crippen LogP contribution in [0.3, 0.4) is 0 Å². The molecule has 6 nitrogen and oxygen atoms in total. The van der Waals surface area contributed by atoms with Gasteiger partial charge in [0.1, 0.15) is 4.21 Å².